The largest absolute Gasteiger partial charge is 0.759 e. The van der Waals surface area contributed by atoms with Gasteiger partial charge in [-0.25, -0.2) is 5.43 Å². The zero-order valence-corrected chi connectivity index (χ0v) is 14.8. The molecule has 1 N–H and O–H groups in total. The normalized spacial score (nSPS) is 21.3. The number of fused-ring (bicyclic) bond motifs is 1. The Labute approximate surface area is 146 Å². The van der Waals surface area contributed by atoms with Crippen molar-refractivity contribution < 1.29 is 8.76 Å². The van der Waals surface area contributed by atoms with Gasteiger partial charge in [-0.15, -0.1) is 0 Å². The summed E-state index contributed by atoms with van der Waals surface area (Å²) in [6, 6.07) is 0.0166. The molecule has 1 saturated carbocycles. The van der Waals surface area contributed by atoms with Crippen LogP contribution in [0.25, 0.3) is 11.0 Å². The molecule has 0 bridgehead atoms. The monoisotopic (exact) mass is 370 g/mol. The Bertz CT molecular complexity index is 814. The number of aryl methyl sites for hydroxylation is 1. The fourth-order valence-corrected chi connectivity index (χ4v) is 4.58. The molecule has 2 fully saturated rings. The number of nitrogens with zero attached hydrogens (tertiary/aromatic N) is 6. The minimum atomic E-state index is -2.25. The molecule has 2 aromatic rings. The van der Waals surface area contributed by atoms with Gasteiger partial charge in [-0.2, -0.15) is 19.5 Å². The molecule has 1 saturated heterocycles. The maximum absolute atomic E-state index is 11.2. The molecule has 9 nitrogen and oxygen atoms in total. The summed E-state index contributed by atoms with van der Waals surface area (Å²) in [5.41, 5.74) is 3.59. The summed E-state index contributed by atoms with van der Waals surface area (Å²) in [6.45, 7) is 1.67. The maximum Gasteiger partial charge on any atom is 0.226 e. The minimum absolute atomic E-state index is 0.0166. The predicted molar refractivity (Wildman–Crippen MR) is 88.8 cm³/mol. The lowest BCUT2D eigenvalue weighted by molar-refractivity contribution is 0.00000659. The summed E-state index contributed by atoms with van der Waals surface area (Å²) in [5.74, 6) is 0.796. The summed E-state index contributed by atoms with van der Waals surface area (Å²) in [5, 5.41) is 5.30. The topological polar surface area (TPSA) is 102 Å². The van der Waals surface area contributed by atoms with Crippen LogP contribution >= 0.6 is 11.6 Å². The van der Waals surface area contributed by atoms with E-state index in [9.17, 15) is 8.76 Å². The SMILES string of the molecule is CNN(C1CC2(C1)CN(c1nc(Cl)nc3c1cnn3C)C2)S(=O)[O-]. The Morgan fingerprint density at radius 3 is 2.79 bits per heavy atom. The molecule has 1 spiro atoms. The highest BCUT2D eigenvalue weighted by atomic mass is 35.5. The number of hydrogen-bond donors (Lipinski definition) is 1. The van der Waals surface area contributed by atoms with Crippen molar-refractivity contribution in [1.29, 1.82) is 0 Å². The van der Waals surface area contributed by atoms with Gasteiger partial charge in [0.25, 0.3) is 0 Å². The Balaban J connectivity index is 1.49. The Morgan fingerprint density at radius 2 is 2.17 bits per heavy atom. The first kappa shape index (κ1) is 16.2. The van der Waals surface area contributed by atoms with Crippen molar-refractivity contribution in [1.82, 2.24) is 29.6 Å². The van der Waals surface area contributed by atoms with Crippen LogP contribution in [0.5, 0.6) is 0 Å². The number of hydrogen-bond acceptors (Lipinski definition) is 7. The second kappa shape index (κ2) is 5.60. The van der Waals surface area contributed by atoms with Crippen LogP contribution in [0.15, 0.2) is 6.20 Å². The van der Waals surface area contributed by atoms with Crippen LogP contribution < -0.4 is 10.3 Å². The van der Waals surface area contributed by atoms with E-state index < -0.39 is 11.3 Å². The highest BCUT2D eigenvalue weighted by molar-refractivity contribution is 7.76. The minimum Gasteiger partial charge on any atom is -0.759 e. The second-order valence-electron chi connectivity index (χ2n) is 6.51. The molecule has 1 aliphatic heterocycles. The van der Waals surface area contributed by atoms with Crippen molar-refractivity contribution in [2.45, 2.75) is 18.9 Å². The van der Waals surface area contributed by atoms with Gasteiger partial charge in [0.2, 0.25) is 5.28 Å². The van der Waals surface area contributed by atoms with Crippen molar-refractivity contribution >= 4 is 39.7 Å². The molecule has 1 aliphatic carbocycles. The molecule has 2 aromatic heterocycles. The van der Waals surface area contributed by atoms with Crippen LogP contribution in [-0.2, 0) is 18.3 Å². The number of halogens is 1. The lowest BCUT2D eigenvalue weighted by atomic mass is 9.61. The fourth-order valence-electron chi connectivity index (χ4n) is 3.88. The van der Waals surface area contributed by atoms with Gasteiger partial charge in [-0.05, 0) is 31.5 Å². The van der Waals surface area contributed by atoms with Crippen LogP contribution in [-0.4, -0.2) is 59.1 Å². The number of hydrazine groups is 1. The van der Waals surface area contributed by atoms with Gasteiger partial charge in [0.1, 0.15) is 5.82 Å². The van der Waals surface area contributed by atoms with Crippen LogP contribution in [0, 0.1) is 5.41 Å². The molecule has 11 heteroatoms. The summed E-state index contributed by atoms with van der Waals surface area (Å²) >= 11 is 3.79. The third-order valence-corrected chi connectivity index (χ3v) is 5.92. The van der Waals surface area contributed by atoms with Crippen LogP contribution in [0.2, 0.25) is 5.28 Å². The lowest BCUT2D eigenvalue weighted by Crippen LogP contribution is -2.68. The molecule has 0 radical (unpaired) electrons. The van der Waals surface area contributed by atoms with Crippen molar-refractivity contribution in [2.24, 2.45) is 12.5 Å². The first-order chi connectivity index (χ1) is 11.4. The standard InChI is InChI=1S/C13H18ClN7O2S/c1-15-21(24(22)23)8-3-13(4-8)6-20(7-13)11-9-5-16-19(2)10(9)17-12(14)18-11/h5,8,15H,3-4,6-7H2,1-2H3,(H,22,23)/p-1. The summed E-state index contributed by atoms with van der Waals surface area (Å²) < 4.78 is 25.3. The predicted octanol–water partition coefficient (Wildman–Crippen LogP) is 0.216. The highest BCUT2D eigenvalue weighted by Gasteiger charge is 2.54. The molecule has 1 unspecified atom stereocenters. The third-order valence-electron chi connectivity index (χ3n) is 4.95. The van der Waals surface area contributed by atoms with Crippen molar-refractivity contribution in [2.75, 3.05) is 25.0 Å². The number of anilines is 1. The van der Waals surface area contributed by atoms with Gasteiger partial charge in [0, 0.05) is 42.9 Å². The Morgan fingerprint density at radius 1 is 1.46 bits per heavy atom. The van der Waals surface area contributed by atoms with Gasteiger partial charge in [-0.3, -0.25) is 8.89 Å². The van der Waals surface area contributed by atoms with E-state index >= 15 is 0 Å². The van der Waals surface area contributed by atoms with Gasteiger partial charge in [0.15, 0.2) is 5.65 Å². The van der Waals surface area contributed by atoms with Gasteiger partial charge in [-0.1, -0.05) is 0 Å². The van der Waals surface area contributed by atoms with E-state index in [1.54, 1.807) is 17.9 Å². The van der Waals surface area contributed by atoms with E-state index in [1.165, 1.54) is 4.41 Å². The van der Waals surface area contributed by atoms with E-state index in [1.807, 2.05) is 7.05 Å². The van der Waals surface area contributed by atoms with Gasteiger partial charge >= 0.3 is 0 Å². The lowest BCUT2D eigenvalue weighted by Gasteiger charge is -2.61. The second-order valence-corrected chi connectivity index (χ2v) is 7.67. The smallest absolute Gasteiger partial charge is 0.226 e. The maximum atomic E-state index is 11.2. The third kappa shape index (κ3) is 2.40. The van der Waals surface area contributed by atoms with E-state index in [0.29, 0.717) is 5.65 Å². The van der Waals surface area contributed by atoms with Crippen LogP contribution in [0.3, 0.4) is 0 Å². The van der Waals surface area contributed by atoms with Crippen molar-refractivity contribution in [3.8, 4) is 0 Å². The summed E-state index contributed by atoms with van der Waals surface area (Å²) in [6.07, 6.45) is 3.43. The van der Waals surface area contributed by atoms with Crippen molar-refractivity contribution in [3.05, 3.63) is 11.5 Å². The van der Waals surface area contributed by atoms with E-state index in [-0.39, 0.29) is 16.7 Å². The zero-order chi connectivity index (χ0) is 17.1. The number of rotatable bonds is 4. The fraction of sp³-hybridized carbons (Fsp3) is 0.615. The molecule has 2 aliphatic rings. The molecule has 1 atom stereocenters. The quantitative estimate of drug-likeness (QED) is 0.466. The number of nitrogens with one attached hydrogen (secondary N) is 1. The van der Waals surface area contributed by atoms with Crippen molar-refractivity contribution in [3.63, 3.8) is 0 Å². The van der Waals surface area contributed by atoms with E-state index in [0.717, 1.165) is 37.1 Å². The van der Waals surface area contributed by atoms with E-state index in [2.05, 4.69) is 25.4 Å². The average Bonchev–Trinajstić information content (AvgIpc) is 2.80. The molecule has 130 valence electrons. The highest BCUT2D eigenvalue weighted by Crippen LogP contribution is 2.51. The first-order valence-electron chi connectivity index (χ1n) is 7.59. The van der Waals surface area contributed by atoms with Gasteiger partial charge < -0.3 is 9.45 Å². The first-order valence-corrected chi connectivity index (χ1v) is 9.00. The molecular weight excluding hydrogens is 354 g/mol. The molecule has 4 rings (SSSR count). The average molecular weight is 371 g/mol. The Hall–Kier alpha value is -1.33. The molecule has 0 aromatic carbocycles. The summed E-state index contributed by atoms with van der Waals surface area (Å²) in [4.78, 5) is 10.7. The molecule has 3 heterocycles. The van der Waals surface area contributed by atoms with E-state index in [4.69, 9.17) is 11.6 Å². The van der Waals surface area contributed by atoms with Crippen LogP contribution in [0.4, 0.5) is 5.82 Å². The number of aromatic nitrogens is 4. The van der Waals surface area contributed by atoms with Gasteiger partial charge in [0.05, 0.1) is 11.6 Å². The molecule has 24 heavy (non-hydrogen) atoms. The zero-order valence-electron chi connectivity index (χ0n) is 13.3. The summed E-state index contributed by atoms with van der Waals surface area (Å²) in [7, 11) is 3.44. The molecule has 0 amide bonds. The van der Waals surface area contributed by atoms with Crippen LogP contribution in [0.1, 0.15) is 12.8 Å². The molecular formula is C13H17ClN7O2S-. The Kier molecular flexibility index (Phi) is 3.77.